The first kappa shape index (κ1) is 48.9. The van der Waals surface area contributed by atoms with Crippen molar-refractivity contribution in [3.8, 4) is 28.4 Å². The molecule has 8 nitrogen and oxygen atoms in total. The van der Waals surface area contributed by atoms with Crippen LogP contribution in [0.25, 0.3) is 159 Å². The van der Waals surface area contributed by atoms with Crippen molar-refractivity contribution in [2.45, 2.75) is 11.8 Å². The van der Waals surface area contributed by atoms with Crippen molar-refractivity contribution in [3.05, 3.63) is 291 Å². The second kappa shape index (κ2) is 18.1. The molecule has 0 bridgehead atoms. The van der Waals surface area contributed by atoms with Crippen LogP contribution >= 0.6 is 0 Å². The minimum atomic E-state index is -3.92. The Labute approximate surface area is 504 Å². The topological polar surface area (TPSA) is 63.7 Å². The Morgan fingerprint density at radius 2 is 0.420 bits per heavy atom. The molecule has 19 aromatic rings. The smallest absolute Gasteiger partial charge is 0.268 e. The Hall–Kier alpha value is -11.4. The van der Waals surface area contributed by atoms with E-state index in [-0.39, 0.29) is 4.90 Å². The summed E-state index contributed by atoms with van der Waals surface area (Å²) in [6.45, 7) is 1.96. The van der Waals surface area contributed by atoms with Gasteiger partial charge in [-0.3, -0.25) is 0 Å². The molecule has 414 valence electrons. The number of hydrogen-bond donors (Lipinski definition) is 0. The molecule has 0 aliphatic carbocycles. The Kier molecular flexibility index (Phi) is 10.0. The van der Waals surface area contributed by atoms with Crippen LogP contribution in [0.4, 0.5) is 0 Å². The van der Waals surface area contributed by atoms with Crippen LogP contribution in [0.5, 0.6) is 0 Å². The van der Waals surface area contributed by atoms with Crippen LogP contribution in [0.15, 0.2) is 290 Å². The average Bonchev–Trinajstić information content (AvgIpc) is 1.67. The number of nitrogens with zero attached hydrogens (tertiary/aromatic N) is 6. The third-order valence-electron chi connectivity index (χ3n) is 18.7. The van der Waals surface area contributed by atoms with E-state index in [1.54, 1.807) is 12.1 Å². The molecule has 0 saturated carbocycles. The van der Waals surface area contributed by atoms with Gasteiger partial charge in [-0.15, -0.1) is 0 Å². The lowest BCUT2D eigenvalue weighted by atomic mass is 10.1. The summed E-state index contributed by atoms with van der Waals surface area (Å²) in [5.74, 6) is 0. The van der Waals surface area contributed by atoms with Crippen molar-refractivity contribution in [1.82, 2.24) is 26.8 Å². The van der Waals surface area contributed by atoms with Gasteiger partial charge in [0.05, 0.1) is 71.1 Å². The summed E-state index contributed by atoms with van der Waals surface area (Å²) in [5.41, 5.74) is 19.0. The molecule has 0 spiro atoms. The molecule has 0 N–H and O–H groups in total. The fourth-order valence-electron chi connectivity index (χ4n) is 14.9. The van der Waals surface area contributed by atoms with Crippen LogP contribution in [-0.2, 0) is 10.0 Å². The zero-order valence-electron chi connectivity index (χ0n) is 47.5. The van der Waals surface area contributed by atoms with E-state index in [9.17, 15) is 8.42 Å². The van der Waals surface area contributed by atoms with Crippen molar-refractivity contribution in [1.29, 1.82) is 0 Å². The molecular weight excluding hydrogens is 1100 g/mol. The molecule has 9 heteroatoms. The highest BCUT2D eigenvalue weighted by Crippen LogP contribution is 2.43. The highest BCUT2D eigenvalue weighted by atomic mass is 32.2. The van der Waals surface area contributed by atoms with E-state index >= 15 is 0 Å². The van der Waals surface area contributed by atoms with E-state index in [4.69, 9.17) is 0 Å². The first-order chi connectivity index (χ1) is 43.3. The second-order valence-corrected chi connectivity index (χ2v) is 25.2. The number of fused-ring (bicyclic) bond motifs is 18. The lowest BCUT2D eigenvalue weighted by molar-refractivity contribution is 0.590. The quantitative estimate of drug-likeness (QED) is 0.160. The summed E-state index contributed by atoms with van der Waals surface area (Å²) in [4.78, 5) is 0.257. The third-order valence-corrected chi connectivity index (χ3v) is 20.4. The van der Waals surface area contributed by atoms with E-state index in [1.165, 1.54) is 63.6 Å². The molecule has 6 heterocycles. The van der Waals surface area contributed by atoms with E-state index in [2.05, 4.69) is 253 Å². The highest BCUT2D eigenvalue weighted by Gasteiger charge is 2.26. The lowest BCUT2D eigenvalue weighted by Crippen LogP contribution is -2.12. The molecule has 0 atom stereocenters. The number of rotatable bonds is 7. The van der Waals surface area contributed by atoms with E-state index in [0.29, 0.717) is 11.0 Å². The molecule has 0 aliphatic heterocycles. The van der Waals surface area contributed by atoms with Crippen LogP contribution in [0.3, 0.4) is 0 Å². The summed E-state index contributed by atoms with van der Waals surface area (Å²) in [5, 5.41) is 13.7. The first-order valence-electron chi connectivity index (χ1n) is 29.8. The molecular formula is C79H50N6O2S. The summed E-state index contributed by atoms with van der Waals surface area (Å²) < 4.78 is 42.5. The lowest BCUT2D eigenvalue weighted by Gasteiger charge is -2.12. The largest absolute Gasteiger partial charge is 0.309 e. The fraction of sp³-hybridized carbons (Fsp3) is 0.0127. The molecule has 88 heavy (non-hydrogen) atoms. The van der Waals surface area contributed by atoms with Crippen molar-refractivity contribution in [3.63, 3.8) is 0 Å². The fourth-order valence-corrected chi connectivity index (χ4v) is 16.4. The number of benzene rings is 13. The minimum Gasteiger partial charge on any atom is -0.309 e. The van der Waals surface area contributed by atoms with Gasteiger partial charge in [0.2, 0.25) is 0 Å². The number of hydrogen-bond acceptors (Lipinski definition) is 2. The minimum absolute atomic E-state index is 0.257. The van der Waals surface area contributed by atoms with Crippen LogP contribution in [0.2, 0.25) is 0 Å². The Morgan fingerprint density at radius 3 is 0.716 bits per heavy atom. The molecule has 0 saturated heterocycles. The summed E-state index contributed by atoms with van der Waals surface area (Å²) in [6.07, 6.45) is 0. The molecule has 13 aromatic carbocycles. The van der Waals surface area contributed by atoms with Gasteiger partial charge in [0.25, 0.3) is 10.0 Å². The maximum absolute atomic E-state index is 14.5. The maximum Gasteiger partial charge on any atom is 0.268 e. The van der Waals surface area contributed by atoms with Gasteiger partial charge in [-0.25, -0.2) is 12.4 Å². The van der Waals surface area contributed by atoms with E-state index in [1.807, 2.05) is 49.4 Å². The monoisotopic (exact) mass is 1150 g/mol. The molecule has 0 unspecified atom stereocenters. The number of aryl methyl sites for hydroxylation is 1. The van der Waals surface area contributed by atoms with E-state index in [0.717, 1.165) is 94.2 Å². The Balaban J connectivity index is 0.736. The molecule has 0 aliphatic rings. The van der Waals surface area contributed by atoms with Crippen LogP contribution in [0.1, 0.15) is 5.56 Å². The molecule has 19 rings (SSSR count). The van der Waals surface area contributed by atoms with E-state index < -0.39 is 10.0 Å². The summed E-state index contributed by atoms with van der Waals surface area (Å²) in [7, 11) is -3.92. The van der Waals surface area contributed by atoms with Gasteiger partial charge >= 0.3 is 0 Å². The number of para-hydroxylation sites is 7. The van der Waals surface area contributed by atoms with Crippen molar-refractivity contribution in [2.75, 3.05) is 0 Å². The van der Waals surface area contributed by atoms with Gasteiger partial charge in [0.15, 0.2) is 0 Å². The standard InChI is InChI=1S/C79H50N6O2S/c1-49-30-37-55(38-31-49)88(86,87)85-78-29-15-8-22-62(78)67-48-54(36-43-79(67)85)84-73-28-14-7-21-61(73)66-47-53(35-42-77(66)84)83-72-27-13-6-20-60(72)65-46-52(34-41-76(65)83)82-71-26-12-5-19-59(71)64-45-51(33-40-75(64)82)81-70-25-11-4-18-58(70)63-44-50(32-39-74(63)81)80-68-23-9-2-16-56(68)57-17-3-10-24-69(57)80/h2-48H,1H3. The molecule has 6 aromatic heterocycles. The van der Waals surface area contributed by atoms with Crippen LogP contribution < -0.4 is 0 Å². The third kappa shape index (κ3) is 6.76. The summed E-state index contributed by atoms with van der Waals surface area (Å²) in [6, 6.07) is 101. The normalized spacial score (nSPS) is 12.5. The van der Waals surface area contributed by atoms with Gasteiger partial charge in [-0.2, -0.15) is 0 Å². The second-order valence-electron chi connectivity index (χ2n) is 23.4. The van der Waals surface area contributed by atoms with Gasteiger partial charge < -0.3 is 22.8 Å². The van der Waals surface area contributed by atoms with Gasteiger partial charge in [-0.05, 0) is 153 Å². The zero-order chi connectivity index (χ0) is 58.1. The molecule has 0 radical (unpaired) electrons. The summed E-state index contributed by atoms with van der Waals surface area (Å²) >= 11 is 0. The van der Waals surface area contributed by atoms with Gasteiger partial charge in [0.1, 0.15) is 0 Å². The molecule has 0 amide bonds. The maximum atomic E-state index is 14.5. The van der Waals surface area contributed by atoms with Crippen LogP contribution in [0, 0.1) is 6.92 Å². The van der Waals surface area contributed by atoms with Crippen molar-refractivity contribution >= 4 is 141 Å². The molecule has 0 fully saturated rings. The van der Waals surface area contributed by atoms with Gasteiger partial charge in [-0.1, -0.05) is 145 Å². The number of aromatic nitrogens is 6. The average molecular weight is 1150 g/mol. The highest BCUT2D eigenvalue weighted by molar-refractivity contribution is 7.90. The zero-order valence-corrected chi connectivity index (χ0v) is 48.4. The van der Waals surface area contributed by atoms with Crippen molar-refractivity contribution in [2.24, 2.45) is 0 Å². The predicted molar refractivity (Wildman–Crippen MR) is 365 cm³/mol. The van der Waals surface area contributed by atoms with Gasteiger partial charge in [0, 0.05) is 93.1 Å². The SMILES string of the molecule is Cc1ccc(S(=O)(=O)n2c3ccccc3c3cc(-n4c5ccccc5c5cc(-n6c7ccccc7c7cc(-n8c9ccccc9c9cc(-n%10c%11ccccc%11c%11cc(-n%12c%13ccccc%13c%13ccccc%13%12)ccc%11%10)ccc98)ccc76)ccc54)ccc32)cc1. The first-order valence-corrected chi connectivity index (χ1v) is 31.3. The van der Waals surface area contributed by atoms with Crippen LogP contribution in [-0.4, -0.2) is 35.2 Å². The Bertz CT molecular complexity index is 6290. The Morgan fingerprint density at radius 1 is 0.216 bits per heavy atom. The van der Waals surface area contributed by atoms with Crippen molar-refractivity contribution < 1.29 is 8.42 Å². The predicted octanol–water partition coefficient (Wildman–Crippen LogP) is 19.8.